The van der Waals surface area contributed by atoms with Crippen molar-refractivity contribution in [3.05, 3.63) is 23.5 Å². The first-order chi connectivity index (χ1) is 7.41. The smallest absolute Gasteiger partial charge is 0.213 e. The molecule has 0 amide bonds. The number of aromatic amines is 1. The van der Waals surface area contributed by atoms with Gasteiger partial charge in [-0.25, -0.2) is 4.98 Å². The third kappa shape index (κ3) is 1.77. The molecule has 2 aromatic rings. The minimum Gasteiger partial charge on any atom is -0.481 e. The van der Waals surface area contributed by atoms with Gasteiger partial charge in [-0.3, -0.25) is 0 Å². The van der Waals surface area contributed by atoms with Gasteiger partial charge in [0, 0.05) is 22.6 Å². The normalized spacial score (nSPS) is 12.1. The molecule has 16 heavy (non-hydrogen) atoms. The van der Waals surface area contributed by atoms with Crippen molar-refractivity contribution in [3.63, 3.8) is 0 Å². The van der Waals surface area contributed by atoms with Gasteiger partial charge in [0.15, 0.2) is 0 Å². The predicted octanol–water partition coefficient (Wildman–Crippen LogP) is 3.18. The minimum atomic E-state index is 0.00405. The van der Waals surface area contributed by atoms with Crippen molar-refractivity contribution in [1.82, 2.24) is 9.97 Å². The zero-order valence-electron chi connectivity index (χ0n) is 10.5. The maximum atomic E-state index is 5.24. The van der Waals surface area contributed by atoms with Gasteiger partial charge in [0.05, 0.1) is 18.3 Å². The molecule has 0 fully saturated rings. The van der Waals surface area contributed by atoms with Gasteiger partial charge in [-0.05, 0) is 13.0 Å². The number of ether oxygens (including phenoxy) is 1. The van der Waals surface area contributed by atoms with Gasteiger partial charge < -0.3 is 9.72 Å². The van der Waals surface area contributed by atoms with Crippen LogP contribution in [0.15, 0.2) is 12.1 Å². The van der Waals surface area contributed by atoms with Gasteiger partial charge in [-0.1, -0.05) is 20.8 Å². The molecule has 2 heterocycles. The number of methoxy groups -OCH3 is 1. The lowest BCUT2D eigenvalue weighted by Gasteiger charge is -2.19. The van der Waals surface area contributed by atoms with E-state index in [0.29, 0.717) is 5.88 Å². The second-order valence-corrected chi connectivity index (χ2v) is 5.18. The summed E-state index contributed by atoms with van der Waals surface area (Å²) in [5.74, 6) is 0.677. The van der Waals surface area contributed by atoms with Gasteiger partial charge >= 0.3 is 0 Å². The van der Waals surface area contributed by atoms with E-state index >= 15 is 0 Å². The first kappa shape index (κ1) is 11.0. The van der Waals surface area contributed by atoms with Gasteiger partial charge in [0.1, 0.15) is 0 Å². The molecule has 0 unspecified atom stereocenters. The van der Waals surface area contributed by atoms with Gasteiger partial charge in [0.25, 0.3) is 0 Å². The summed E-state index contributed by atoms with van der Waals surface area (Å²) in [6, 6.07) is 4.09. The van der Waals surface area contributed by atoms with Crippen LogP contribution in [0.25, 0.3) is 10.9 Å². The molecule has 1 N–H and O–H groups in total. The number of fused-ring (bicyclic) bond motifs is 1. The summed E-state index contributed by atoms with van der Waals surface area (Å²) < 4.78 is 5.24. The number of pyridine rings is 1. The Kier molecular flexibility index (Phi) is 2.41. The van der Waals surface area contributed by atoms with Gasteiger partial charge in [-0.15, -0.1) is 0 Å². The molecule has 0 aliphatic rings. The van der Waals surface area contributed by atoms with E-state index in [-0.39, 0.29) is 5.41 Å². The molecule has 0 saturated heterocycles. The summed E-state index contributed by atoms with van der Waals surface area (Å²) in [7, 11) is 1.65. The summed E-state index contributed by atoms with van der Waals surface area (Å²) in [6.07, 6.45) is 0. The Labute approximate surface area is 95.8 Å². The SMILES string of the molecule is COc1cc2cc(C)[nH]c2c(C(C)(C)C)n1. The van der Waals surface area contributed by atoms with Crippen LogP contribution in [-0.2, 0) is 5.41 Å². The molecule has 0 aromatic carbocycles. The van der Waals surface area contributed by atoms with E-state index in [4.69, 9.17) is 4.74 Å². The number of rotatable bonds is 1. The molecule has 2 aromatic heterocycles. The lowest BCUT2D eigenvalue weighted by atomic mass is 9.90. The Morgan fingerprint density at radius 3 is 2.50 bits per heavy atom. The molecular formula is C13H18N2O. The van der Waals surface area contributed by atoms with E-state index in [1.54, 1.807) is 7.11 Å². The molecule has 0 radical (unpaired) electrons. The molecule has 0 aliphatic carbocycles. The lowest BCUT2D eigenvalue weighted by Crippen LogP contribution is -2.14. The highest BCUT2D eigenvalue weighted by molar-refractivity contribution is 5.84. The fourth-order valence-corrected chi connectivity index (χ4v) is 1.90. The largest absolute Gasteiger partial charge is 0.481 e. The Morgan fingerprint density at radius 2 is 1.94 bits per heavy atom. The van der Waals surface area contributed by atoms with Crippen LogP contribution in [-0.4, -0.2) is 17.1 Å². The second-order valence-electron chi connectivity index (χ2n) is 5.18. The molecule has 86 valence electrons. The van der Waals surface area contributed by atoms with Crippen LogP contribution >= 0.6 is 0 Å². The molecular weight excluding hydrogens is 200 g/mol. The van der Waals surface area contributed by atoms with Crippen molar-refractivity contribution in [2.45, 2.75) is 33.1 Å². The van der Waals surface area contributed by atoms with Crippen molar-refractivity contribution in [1.29, 1.82) is 0 Å². The van der Waals surface area contributed by atoms with E-state index in [9.17, 15) is 0 Å². The van der Waals surface area contributed by atoms with Gasteiger partial charge in [0.2, 0.25) is 5.88 Å². The van der Waals surface area contributed by atoms with Crippen LogP contribution in [0.1, 0.15) is 32.2 Å². The Bertz CT molecular complexity index is 520. The zero-order valence-corrected chi connectivity index (χ0v) is 10.5. The standard InChI is InChI=1S/C13H18N2O/c1-8-6-9-7-10(16-5)15-12(11(9)14-8)13(2,3)4/h6-7,14H,1-5H3. The van der Waals surface area contributed by atoms with Crippen LogP contribution in [0.4, 0.5) is 0 Å². The highest BCUT2D eigenvalue weighted by Gasteiger charge is 2.21. The fourth-order valence-electron chi connectivity index (χ4n) is 1.90. The Balaban J connectivity index is 2.78. The number of hydrogen-bond acceptors (Lipinski definition) is 2. The summed E-state index contributed by atoms with van der Waals surface area (Å²) >= 11 is 0. The monoisotopic (exact) mass is 218 g/mol. The summed E-state index contributed by atoms with van der Waals surface area (Å²) in [5, 5.41) is 1.16. The van der Waals surface area contributed by atoms with E-state index in [2.05, 4.69) is 43.7 Å². The molecule has 0 bridgehead atoms. The number of nitrogens with zero attached hydrogens (tertiary/aromatic N) is 1. The first-order valence-corrected chi connectivity index (χ1v) is 5.46. The third-order valence-corrected chi connectivity index (χ3v) is 2.64. The van der Waals surface area contributed by atoms with E-state index in [1.807, 2.05) is 6.07 Å². The van der Waals surface area contributed by atoms with Crippen LogP contribution in [0.5, 0.6) is 5.88 Å². The maximum Gasteiger partial charge on any atom is 0.213 e. The maximum absolute atomic E-state index is 5.24. The number of aryl methyl sites for hydroxylation is 1. The third-order valence-electron chi connectivity index (χ3n) is 2.64. The molecule has 0 saturated carbocycles. The number of aromatic nitrogens is 2. The van der Waals surface area contributed by atoms with E-state index < -0.39 is 0 Å². The molecule has 0 spiro atoms. The molecule has 0 aliphatic heterocycles. The number of hydrogen-bond donors (Lipinski definition) is 1. The van der Waals surface area contributed by atoms with E-state index in [1.165, 1.54) is 0 Å². The number of nitrogens with one attached hydrogen (secondary N) is 1. The van der Waals surface area contributed by atoms with Crippen LogP contribution in [0.2, 0.25) is 0 Å². The summed E-state index contributed by atoms with van der Waals surface area (Å²) in [6.45, 7) is 8.53. The average molecular weight is 218 g/mol. The van der Waals surface area contributed by atoms with Crippen molar-refractivity contribution >= 4 is 10.9 Å². The quantitative estimate of drug-likeness (QED) is 0.798. The van der Waals surface area contributed by atoms with Crippen LogP contribution in [0.3, 0.4) is 0 Å². The predicted molar refractivity (Wildman–Crippen MR) is 66.1 cm³/mol. The van der Waals surface area contributed by atoms with Crippen molar-refractivity contribution in [2.24, 2.45) is 0 Å². The molecule has 0 atom stereocenters. The highest BCUT2D eigenvalue weighted by atomic mass is 16.5. The molecule has 3 heteroatoms. The lowest BCUT2D eigenvalue weighted by molar-refractivity contribution is 0.393. The molecule has 2 rings (SSSR count). The minimum absolute atomic E-state index is 0.00405. The second kappa shape index (κ2) is 3.51. The van der Waals surface area contributed by atoms with E-state index in [0.717, 1.165) is 22.3 Å². The fraction of sp³-hybridized carbons (Fsp3) is 0.462. The summed E-state index contributed by atoms with van der Waals surface area (Å²) in [4.78, 5) is 7.92. The van der Waals surface area contributed by atoms with Crippen molar-refractivity contribution in [3.8, 4) is 5.88 Å². The Hall–Kier alpha value is -1.51. The summed E-state index contributed by atoms with van der Waals surface area (Å²) in [5.41, 5.74) is 3.32. The van der Waals surface area contributed by atoms with Crippen LogP contribution in [0, 0.1) is 6.92 Å². The topological polar surface area (TPSA) is 37.9 Å². The number of H-pyrrole nitrogens is 1. The average Bonchev–Trinajstić information content (AvgIpc) is 2.54. The van der Waals surface area contributed by atoms with Crippen LogP contribution < -0.4 is 4.74 Å². The highest BCUT2D eigenvalue weighted by Crippen LogP contribution is 2.30. The van der Waals surface area contributed by atoms with Gasteiger partial charge in [-0.2, -0.15) is 0 Å². The first-order valence-electron chi connectivity index (χ1n) is 5.46. The Morgan fingerprint density at radius 1 is 1.25 bits per heavy atom. The van der Waals surface area contributed by atoms with Crippen molar-refractivity contribution < 1.29 is 4.74 Å². The molecule has 3 nitrogen and oxygen atoms in total. The van der Waals surface area contributed by atoms with Crippen molar-refractivity contribution in [2.75, 3.05) is 7.11 Å². The zero-order chi connectivity index (χ0) is 11.9.